The summed E-state index contributed by atoms with van der Waals surface area (Å²) in [5, 5.41) is 2.64. The van der Waals surface area contributed by atoms with Gasteiger partial charge in [-0.25, -0.2) is 4.99 Å². The van der Waals surface area contributed by atoms with E-state index in [0.717, 1.165) is 16.2 Å². The molecule has 0 aliphatic heterocycles. The average Bonchev–Trinajstić information content (AvgIpc) is 2.89. The van der Waals surface area contributed by atoms with Crippen LogP contribution >= 0.6 is 22.9 Å². The smallest absolute Gasteiger partial charge is 0.190 e. The molecule has 0 fully saturated rings. The van der Waals surface area contributed by atoms with Gasteiger partial charge in [0.2, 0.25) is 0 Å². The minimum absolute atomic E-state index is 0. The summed E-state index contributed by atoms with van der Waals surface area (Å²) in [7, 11) is 0. The third kappa shape index (κ3) is 4.44. The second kappa shape index (κ2) is 8.42. The Morgan fingerprint density at radius 3 is 2.46 bits per heavy atom. The first kappa shape index (κ1) is 18.6. The molecule has 0 amide bonds. The molecule has 0 atom stereocenters. The van der Waals surface area contributed by atoms with E-state index in [2.05, 4.69) is 4.99 Å². The zero-order valence-electron chi connectivity index (χ0n) is 12.9. The van der Waals surface area contributed by atoms with Gasteiger partial charge in [0.1, 0.15) is 0 Å². The van der Waals surface area contributed by atoms with Crippen molar-refractivity contribution in [2.75, 3.05) is 0 Å². The Morgan fingerprint density at radius 1 is 1.12 bits per heavy atom. The Kier molecular flexibility index (Phi) is 6.54. The second-order valence-corrected chi connectivity index (χ2v) is 6.40. The summed E-state index contributed by atoms with van der Waals surface area (Å²) in [4.78, 5) is 17.9. The van der Waals surface area contributed by atoms with Crippen LogP contribution in [0.2, 0.25) is 5.02 Å². The maximum atomic E-state index is 12.5. The van der Waals surface area contributed by atoms with E-state index in [0.29, 0.717) is 10.6 Å². The maximum Gasteiger partial charge on any atom is 0.190 e. The van der Waals surface area contributed by atoms with Gasteiger partial charge in [0.25, 0.3) is 0 Å². The van der Waals surface area contributed by atoms with Gasteiger partial charge in [-0.15, -0.1) is 11.3 Å². The number of hydrogen-bond donors (Lipinski definition) is 0. The molecule has 0 saturated heterocycles. The molecule has 3 rings (SSSR count). The summed E-state index contributed by atoms with van der Waals surface area (Å²) < 4.78 is 1.94. The predicted molar refractivity (Wildman–Crippen MR) is 94.5 cm³/mol. The Hall–Kier alpha value is -1.69. The van der Waals surface area contributed by atoms with Gasteiger partial charge in [0.05, 0.1) is 12.2 Å². The van der Waals surface area contributed by atoms with Crippen LogP contribution in [0.1, 0.15) is 16.1 Å². The van der Waals surface area contributed by atoms with Gasteiger partial charge in [-0.3, -0.25) is 4.79 Å². The van der Waals surface area contributed by atoms with Crippen molar-refractivity contribution in [2.24, 2.45) is 4.99 Å². The van der Waals surface area contributed by atoms with Crippen LogP contribution in [0.25, 0.3) is 0 Å². The maximum absolute atomic E-state index is 12.5. The number of thiazole rings is 1. The van der Waals surface area contributed by atoms with E-state index in [4.69, 9.17) is 11.6 Å². The van der Waals surface area contributed by atoms with Gasteiger partial charge in [0, 0.05) is 21.7 Å². The van der Waals surface area contributed by atoms with Crippen LogP contribution in [-0.4, -0.2) is 10.4 Å². The highest BCUT2D eigenvalue weighted by molar-refractivity contribution is 7.07. The number of aromatic nitrogens is 1. The summed E-state index contributed by atoms with van der Waals surface area (Å²) in [6.45, 7) is 2.25. The molecule has 3 nitrogen and oxygen atoms in total. The molecule has 0 unspecified atom stereocenters. The molecule has 0 saturated carbocycles. The number of benzene rings is 2. The van der Waals surface area contributed by atoms with E-state index >= 15 is 0 Å². The number of para-hydroxylation sites is 1. The van der Waals surface area contributed by atoms with Crippen LogP contribution in [0, 0.1) is 6.92 Å². The number of ketones is 1. The van der Waals surface area contributed by atoms with E-state index in [9.17, 15) is 4.79 Å². The molecule has 124 valence electrons. The summed E-state index contributed by atoms with van der Waals surface area (Å²) in [6.07, 6.45) is 0. The van der Waals surface area contributed by atoms with Crippen molar-refractivity contribution in [3.05, 3.63) is 81.1 Å². The molecule has 1 aromatic heterocycles. The Bertz CT molecular complexity index is 885. The topological polar surface area (TPSA) is 34.4 Å². The molecule has 1 heterocycles. The van der Waals surface area contributed by atoms with E-state index in [1.165, 1.54) is 11.3 Å². The van der Waals surface area contributed by atoms with E-state index in [1.807, 2.05) is 47.2 Å². The Labute approximate surface area is 160 Å². The molecule has 3 aromatic rings. The molecule has 0 aliphatic rings. The lowest BCUT2D eigenvalue weighted by Gasteiger charge is -2.06. The lowest BCUT2D eigenvalue weighted by molar-refractivity contribution is -0.0000125. The van der Waals surface area contributed by atoms with Crippen molar-refractivity contribution in [3.63, 3.8) is 0 Å². The van der Waals surface area contributed by atoms with Gasteiger partial charge in [0.15, 0.2) is 10.6 Å². The quantitative estimate of drug-likeness (QED) is 0.589. The number of aryl methyl sites for hydroxylation is 1. The van der Waals surface area contributed by atoms with Crippen LogP contribution < -0.4 is 21.8 Å². The normalized spacial score (nSPS) is 11.2. The van der Waals surface area contributed by atoms with E-state index in [1.54, 1.807) is 24.3 Å². The zero-order chi connectivity index (χ0) is 16.2. The highest BCUT2D eigenvalue weighted by atomic mass is 79.9. The van der Waals surface area contributed by atoms with Crippen molar-refractivity contribution in [3.8, 4) is 0 Å². The van der Waals surface area contributed by atoms with Gasteiger partial charge >= 0.3 is 0 Å². The molecule has 6 heteroatoms. The monoisotopic (exact) mass is 421 g/mol. The molecule has 0 N–H and O–H groups in total. The lowest BCUT2D eigenvalue weighted by atomic mass is 10.1. The Morgan fingerprint density at radius 2 is 1.79 bits per heavy atom. The molecule has 2 aromatic carbocycles. The van der Waals surface area contributed by atoms with Crippen molar-refractivity contribution in [2.45, 2.75) is 13.5 Å². The average molecular weight is 423 g/mol. The molecule has 0 spiro atoms. The fourth-order valence-corrected chi connectivity index (χ4v) is 3.20. The number of Topliss-reactive ketones (excluding diaryl/α,β-unsaturated/α-hetero) is 1. The second-order valence-electron chi connectivity index (χ2n) is 5.12. The summed E-state index contributed by atoms with van der Waals surface area (Å²) in [5.41, 5.74) is 2.55. The third-order valence-corrected chi connectivity index (χ3v) is 4.67. The van der Waals surface area contributed by atoms with E-state index < -0.39 is 0 Å². The van der Waals surface area contributed by atoms with Crippen LogP contribution in [0.15, 0.2) is 65.0 Å². The number of carbonyl (C=O) groups is 1. The summed E-state index contributed by atoms with van der Waals surface area (Å²) >= 11 is 7.40. The van der Waals surface area contributed by atoms with Crippen molar-refractivity contribution < 1.29 is 21.8 Å². The van der Waals surface area contributed by atoms with E-state index in [-0.39, 0.29) is 29.3 Å². The van der Waals surface area contributed by atoms with Gasteiger partial charge in [-0.1, -0.05) is 29.8 Å². The minimum Gasteiger partial charge on any atom is -1.00 e. The summed E-state index contributed by atoms with van der Waals surface area (Å²) in [6, 6.07) is 16.7. The van der Waals surface area contributed by atoms with Crippen LogP contribution in [0.5, 0.6) is 0 Å². The first-order chi connectivity index (χ1) is 11.1. The number of nitrogens with zero attached hydrogens (tertiary/aromatic N) is 2. The lowest BCUT2D eigenvalue weighted by Crippen LogP contribution is -3.00. The Balaban J connectivity index is 0.00000208. The number of carbonyl (C=O) groups excluding carboxylic acids is 1. The van der Waals surface area contributed by atoms with Crippen molar-refractivity contribution >= 4 is 34.4 Å². The summed E-state index contributed by atoms with van der Waals surface area (Å²) in [5.74, 6) is 0.0395. The highest BCUT2D eigenvalue weighted by Gasteiger charge is 2.10. The molecule has 0 bridgehead atoms. The van der Waals surface area contributed by atoms with Gasteiger partial charge in [-0.05, 0) is 43.3 Å². The number of halogens is 2. The first-order valence-corrected chi connectivity index (χ1v) is 8.43. The van der Waals surface area contributed by atoms with Crippen molar-refractivity contribution in [1.82, 2.24) is 4.57 Å². The van der Waals surface area contributed by atoms with Gasteiger partial charge in [-0.2, -0.15) is 0 Å². The fourth-order valence-electron chi connectivity index (χ4n) is 2.18. The molecule has 0 radical (unpaired) electrons. The molecular weight excluding hydrogens is 408 g/mol. The zero-order valence-corrected chi connectivity index (χ0v) is 16.1. The van der Waals surface area contributed by atoms with Crippen LogP contribution in [0.3, 0.4) is 0 Å². The largest absolute Gasteiger partial charge is 1.00 e. The van der Waals surface area contributed by atoms with Crippen LogP contribution in [0.4, 0.5) is 5.69 Å². The number of hydrogen-bond acceptors (Lipinski definition) is 3. The van der Waals surface area contributed by atoms with Gasteiger partial charge < -0.3 is 21.5 Å². The molecule has 24 heavy (non-hydrogen) atoms. The first-order valence-electron chi connectivity index (χ1n) is 7.17. The van der Waals surface area contributed by atoms with Crippen molar-refractivity contribution in [1.29, 1.82) is 0 Å². The SMILES string of the molecule is Cc1csc(=Nc2ccccc2)n1CC(=O)c1ccc(Cl)cc1.[Br-]. The predicted octanol–water partition coefficient (Wildman–Crippen LogP) is 1.63. The number of rotatable bonds is 4. The third-order valence-electron chi connectivity index (χ3n) is 3.44. The standard InChI is InChI=1S/C18H15ClN2OS.BrH/c1-13-12-23-18(20-16-5-3-2-4-6-16)21(13)11-17(22)14-7-9-15(19)10-8-14;/h2-10,12H,11H2,1H3;1H/p-1. The molecule has 0 aliphatic carbocycles. The highest BCUT2D eigenvalue weighted by Crippen LogP contribution is 2.13. The minimum atomic E-state index is 0. The molecular formula is C18H15BrClN2OS-. The fraction of sp³-hybridized carbons (Fsp3) is 0.111. The van der Waals surface area contributed by atoms with Crippen LogP contribution in [-0.2, 0) is 6.54 Å².